The zero-order chi connectivity index (χ0) is 22.9. The highest BCUT2D eigenvalue weighted by atomic mass is 32.2. The molecule has 2 aliphatic heterocycles. The largest absolute Gasteiger partial charge is 0.491 e. The molecule has 0 aliphatic carbocycles. The number of nitrogens with one attached hydrogen (secondary N) is 1. The third kappa shape index (κ3) is 4.45. The molecule has 2 aromatic carbocycles. The Morgan fingerprint density at radius 1 is 1.12 bits per heavy atom. The van der Waals surface area contributed by atoms with E-state index in [1.807, 2.05) is 18.2 Å². The number of benzene rings is 2. The number of halogens is 1. The molecule has 2 bridgehead atoms. The van der Waals surface area contributed by atoms with Crippen molar-refractivity contribution >= 4 is 16.1 Å². The van der Waals surface area contributed by atoms with Crippen LogP contribution in [0.15, 0.2) is 42.5 Å². The van der Waals surface area contributed by atoms with E-state index in [9.17, 15) is 13.2 Å². The van der Waals surface area contributed by atoms with E-state index in [4.69, 9.17) is 4.74 Å². The van der Waals surface area contributed by atoms with Gasteiger partial charge >= 0.3 is 6.03 Å². The van der Waals surface area contributed by atoms with Crippen LogP contribution < -0.4 is 9.46 Å². The second-order valence-electron chi connectivity index (χ2n) is 8.21. The molecule has 2 heterocycles. The number of fused-ring (bicyclic) bond motifs is 5. The number of carbonyl (C=O) groups is 1. The highest BCUT2D eigenvalue weighted by molar-refractivity contribution is 7.89. The quantitative estimate of drug-likeness (QED) is 0.763. The van der Waals surface area contributed by atoms with Crippen molar-refractivity contribution in [1.29, 1.82) is 0 Å². The Hall–Kier alpha value is -2.65. The third-order valence-electron chi connectivity index (χ3n) is 6.20. The number of rotatable bonds is 3. The first-order valence-corrected chi connectivity index (χ1v) is 12.5. The van der Waals surface area contributed by atoms with E-state index in [1.165, 1.54) is 0 Å². The Balaban J connectivity index is 1.78. The molecular weight excluding hydrogens is 433 g/mol. The smallest absolute Gasteiger partial charge is 0.320 e. The molecular formula is C23H28FN3O4S. The molecule has 2 aromatic rings. The maximum Gasteiger partial charge on any atom is 0.320 e. The Labute approximate surface area is 188 Å². The molecule has 2 atom stereocenters. The minimum Gasteiger partial charge on any atom is -0.491 e. The highest BCUT2D eigenvalue weighted by Crippen LogP contribution is 2.34. The number of sulfonamides is 1. The lowest BCUT2D eigenvalue weighted by Crippen LogP contribution is -2.51. The minimum atomic E-state index is -3.48. The van der Waals surface area contributed by atoms with Gasteiger partial charge in [0.15, 0.2) is 0 Å². The fourth-order valence-corrected chi connectivity index (χ4v) is 5.29. The van der Waals surface area contributed by atoms with Crippen molar-refractivity contribution in [1.82, 2.24) is 14.5 Å². The van der Waals surface area contributed by atoms with Crippen LogP contribution in [0.5, 0.6) is 5.75 Å². The van der Waals surface area contributed by atoms with E-state index in [0.29, 0.717) is 42.0 Å². The van der Waals surface area contributed by atoms with Gasteiger partial charge in [-0.15, -0.1) is 0 Å². The zero-order valence-electron chi connectivity index (χ0n) is 18.3. The van der Waals surface area contributed by atoms with Crippen LogP contribution >= 0.6 is 0 Å². The number of carbonyl (C=O) groups excluding carboxylic acids is 1. The normalized spacial score (nSPS) is 21.7. The molecule has 1 saturated heterocycles. The van der Waals surface area contributed by atoms with Crippen molar-refractivity contribution in [3.05, 3.63) is 53.8 Å². The fourth-order valence-electron chi connectivity index (χ4n) is 4.39. The number of hydrogen-bond acceptors (Lipinski definition) is 4. The number of amides is 2. The summed E-state index contributed by atoms with van der Waals surface area (Å²) >= 11 is 0. The predicted molar refractivity (Wildman–Crippen MR) is 121 cm³/mol. The number of nitrogens with zero attached hydrogens (tertiary/aromatic N) is 2. The summed E-state index contributed by atoms with van der Waals surface area (Å²) in [6.07, 6.45) is 0.684. The molecule has 4 rings (SSSR count). The fraction of sp³-hybridized carbons (Fsp3) is 0.435. The molecule has 0 aromatic heterocycles. The van der Waals surface area contributed by atoms with Gasteiger partial charge in [-0.05, 0) is 31.4 Å². The van der Waals surface area contributed by atoms with Crippen molar-refractivity contribution in [3.8, 4) is 16.9 Å². The zero-order valence-corrected chi connectivity index (χ0v) is 19.1. The van der Waals surface area contributed by atoms with Crippen molar-refractivity contribution in [2.24, 2.45) is 0 Å². The van der Waals surface area contributed by atoms with E-state index in [0.717, 1.165) is 0 Å². The molecule has 0 saturated carbocycles. The average molecular weight is 462 g/mol. The van der Waals surface area contributed by atoms with Crippen molar-refractivity contribution in [3.63, 3.8) is 0 Å². The molecule has 0 spiro atoms. The first-order chi connectivity index (χ1) is 15.3. The van der Waals surface area contributed by atoms with E-state index in [1.54, 1.807) is 48.0 Å². The summed E-state index contributed by atoms with van der Waals surface area (Å²) in [4.78, 5) is 16.4. The molecule has 1 fully saturated rings. The van der Waals surface area contributed by atoms with Crippen LogP contribution in [0, 0.1) is 5.82 Å². The summed E-state index contributed by atoms with van der Waals surface area (Å²) in [6.45, 7) is 2.57. The Kier molecular flexibility index (Phi) is 6.39. The van der Waals surface area contributed by atoms with Crippen molar-refractivity contribution in [2.45, 2.75) is 31.8 Å². The van der Waals surface area contributed by atoms with Gasteiger partial charge in [0.25, 0.3) is 0 Å². The Bertz CT molecular complexity index is 1110. The Morgan fingerprint density at radius 2 is 1.88 bits per heavy atom. The van der Waals surface area contributed by atoms with Crippen LogP contribution in [0.2, 0.25) is 0 Å². The lowest BCUT2D eigenvalue weighted by molar-refractivity contribution is 0.147. The second kappa shape index (κ2) is 9.07. The lowest BCUT2D eigenvalue weighted by Gasteiger charge is -2.32. The summed E-state index contributed by atoms with van der Waals surface area (Å²) in [5.41, 5.74) is 1.50. The van der Waals surface area contributed by atoms with E-state index in [-0.39, 0.29) is 30.6 Å². The number of likely N-dealkylation sites (N-methyl/N-ethyl adjacent to an activating group) is 1. The monoisotopic (exact) mass is 461 g/mol. The maximum atomic E-state index is 15.7. The highest BCUT2D eigenvalue weighted by Gasteiger charge is 2.40. The maximum absolute atomic E-state index is 15.7. The van der Waals surface area contributed by atoms with Crippen LogP contribution in [-0.4, -0.2) is 68.8 Å². The van der Waals surface area contributed by atoms with Gasteiger partial charge in [-0.2, -0.15) is 0 Å². The summed E-state index contributed by atoms with van der Waals surface area (Å²) in [5.74, 6) is 0.118. The van der Waals surface area contributed by atoms with E-state index >= 15 is 4.39 Å². The molecule has 1 N–H and O–H groups in total. The van der Waals surface area contributed by atoms with E-state index in [2.05, 4.69) is 4.72 Å². The van der Waals surface area contributed by atoms with Gasteiger partial charge in [0.05, 0.1) is 18.3 Å². The molecule has 32 heavy (non-hydrogen) atoms. The SMILES string of the molecule is CCS(=O)(=O)NC1CCN2C(=O)N(C)CCOc3ccccc3-c3cccc(c3F)CC12. The van der Waals surface area contributed by atoms with Crippen molar-refractivity contribution in [2.75, 3.05) is 32.5 Å². The van der Waals surface area contributed by atoms with Crippen LogP contribution in [0.25, 0.3) is 11.1 Å². The molecule has 2 amide bonds. The van der Waals surface area contributed by atoms with Gasteiger partial charge in [0.1, 0.15) is 18.2 Å². The molecule has 2 unspecified atom stereocenters. The van der Waals surface area contributed by atoms with Gasteiger partial charge in [-0.3, -0.25) is 0 Å². The first kappa shape index (κ1) is 22.5. The number of ether oxygens (including phenoxy) is 1. The summed E-state index contributed by atoms with van der Waals surface area (Å²) in [6, 6.07) is 11.2. The van der Waals surface area contributed by atoms with Crippen molar-refractivity contribution < 1.29 is 22.3 Å². The Morgan fingerprint density at radius 3 is 2.66 bits per heavy atom. The first-order valence-electron chi connectivity index (χ1n) is 10.8. The van der Waals surface area contributed by atoms with Crippen LogP contribution in [-0.2, 0) is 16.4 Å². The van der Waals surface area contributed by atoms with Crippen LogP contribution in [0.3, 0.4) is 0 Å². The predicted octanol–water partition coefficient (Wildman–Crippen LogP) is 2.86. The summed E-state index contributed by atoms with van der Waals surface area (Å²) in [7, 11) is -1.78. The number of para-hydroxylation sites is 1. The minimum absolute atomic E-state index is 0.0535. The van der Waals surface area contributed by atoms with Gasteiger partial charge in [0, 0.05) is 30.8 Å². The third-order valence-corrected chi connectivity index (χ3v) is 7.62. The average Bonchev–Trinajstić information content (AvgIpc) is 3.16. The standard InChI is InChI=1S/C23H28FN3O4S/c1-3-32(29,30)25-19-11-12-27-20(19)15-16-7-6-9-18(22(16)24)17-8-4-5-10-21(17)31-14-13-26(2)23(27)28/h4-10,19-20,25H,3,11-15H2,1-2H3. The number of urea groups is 1. The van der Waals surface area contributed by atoms with Crippen LogP contribution in [0.4, 0.5) is 9.18 Å². The molecule has 2 aliphatic rings. The molecule has 0 radical (unpaired) electrons. The topological polar surface area (TPSA) is 79.0 Å². The molecule has 9 heteroatoms. The number of hydrogen-bond donors (Lipinski definition) is 1. The summed E-state index contributed by atoms with van der Waals surface area (Å²) in [5, 5.41) is 0. The van der Waals surface area contributed by atoms with Gasteiger partial charge in [0.2, 0.25) is 10.0 Å². The summed E-state index contributed by atoms with van der Waals surface area (Å²) < 4.78 is 48.8. The van der Waals surface area contributed by atoms with Gasteiger partial charge in [-0.1, -0.05) is 36.4 Å². The van der Waals surface area contributed by atoms with Crippen LogP contribution in [0.1, 0.15) is 18.9 Å². The molecule has 7 nitrogen and oxygen atoms in total. The van der Waals surface area contributed by atoms with Gasteiger partial charge in [-0.25, -0.2) is 22.3 Å². The van der Waals surface area contributed by atoms with Gasteiger partial charge < -0.3 is 14.5 Å². The molecule has 172 valence electrons. The van der Waals surface area contributed by atoms with E-state index < -0.39 is 22.1 Å². The lowest BCUT2D eigenvalue weighted by atomic mass is 9.95. The second-order valence-corrected chi connectivity index (χ2v) is 10.3.